The first-order valence-electron chi connectivity index (χ1n) is 10.3. The number of carbonyl (C=O) groups excluding carboxylic acids is 1. The number of ether oxygens (including phenoxy) is 1. The van der Waals surface area contributed by atoms with E-state index in [1.54, 1.807) is 30.3 Å². The van der Waals surface area contributed by atoms with Gasteiger partial charge in [0, 0.05) is 37.4 Å². The number of para-hydroxylation sites is 1. The van der Waals surface area contributed by atoms with E-state index in [0.717, 1.165) is 5.69 Å². The third kappa shape index (κ3) is 4.61. The molecule has 0 spiro atoms. The topological polar surface area (TPSA) is 79.0 Å². The lowest BCUT2D eigenvalue weighted by molar-refractivity contribution is 0.102. The lowest BCUT2D eigenvalue weighted by Crippen LogP contribution is -2.48. The van der Waals surface area contributed by atoms with Gasteiger partial charge in [-0.1, -0.05) is 36.4 Å². The second-order valence-electron chi connectivity index (χ2n) is 7.41. The number of benzene rings is 3. The number of anilines is 2. The highest BCUT2D eigenvalue weighted by atomic mass is 32.2. The molecular formula is C24H25N3O4S. The fraction of sp³-hybridized carbons (Fsp3) is 0.208. The van der Waals surface area contributed by atoms with E-state index in [1.165, 1.54) is 23.5 Å². The summed E-state index contributed by atoms with van der Waals surface area (Å²) in [6.45, 7) is 1.98. The fourth-order valence-corrected chi connectivity index (χ4v) is 5.15. The smallest absolute Gasteiger partial charge is 0.255 e. The highest BCUT2D eigenvalue weighted by Gasteiger charge is 2.29. The van der Waals surface area contributed by atoms with Crippen LogP contribution < -0.4 is 15.0 Å². The molecule has 166 valence electrons. The molecule has 0 aliphatic carbocycles. The molecule has 0 radical (unpaired) electrons. The van der Waals surface area contributed by atoms with Crippen molar-refractivity contribution in [3.8, 4) is 5.75 Å². The van der Waals surface area contributed by atoms with Crippen LogP contribution in [0.15, 0.2) is 83.8 Å². The maximum atomic E-state index is 13.3. The molecule has 0 saturated carbocycles. The van der Waals surface area contributed by atoms with Crippen molar-refractivity contribution in [3.63, 3.8) is 0 Å². The summed E-state index contributed by atoms with van der Waals surface area (Å²) < 4.78 is 33.4. The predicted molar refractivity (Wildman–Crippen MR) is 125 cm³/mol. The highest BCUT2D eigenvalue weighted by Crippen LogP contribution is 2.30. The predicted octanol–water partition coefficient (Wildman–Crippen LogP) is 3.46. The molecule has 3 aromatic rings. The van der Waals surface area contributed by atoms with Gasteiger partial charge in [-0.25, -0.2) is 8.42 Å². The molecule has 8 heteroatoms. The van der Waals surface area contributed by atoms with Crippen LogP contribution in [0.25, 0.3) is 0 Å². The van der Waals surface area contributed by atoms with Crippen LogP contribution in [0.5, 0.6) is 5.75 Å². The van der Waals surface area contributed by atoms with Crippen LogP contribution in [0, 0.1) is 0 Å². The molecule has 1 aliphatic rings. The minimum absolute atomic E-state index is 0.120. The Kier molecular flexibility index (Phi) is 6.43. The molecule has 1 saturated heterocycles. The van der Waals surface area contributed by atoms with E-state index < -0.39 is 10.0 Å². The Bertz CT molecular complexity index is 1180. The van der Waals surface area contributed by atoms with Crippen LogP contribution in [0.4, 0.5) is 11.4 Å². The van der Waals surface area contributed by atoms with Crippen molar-refractivity contribution in [2.24, 2.45) is 0 Å². The summed E-state index contributed by atoms with van der Waals surface area (Å²) >= 11 is 0. The average molecular weight is 452 g/mol. The van der Waals surface area contributed by atoms with Crippen LogP contribution >= 0.6 is 0 Å². The fourth-order valence-electron chi connectivity index (χ4n) is 3.70. The van der Waals surface area contributed by atoms with Gasteiger partial charge in [0.2, 0.25) is 10.0 Å². The molecule has 32 heavy (non-hydrogen) atoms. The number of carbonyl (C=O) groups is 1. The van der Waals surface area contributed by atoms with Crippen LogP contribution in [-0.2, 0) is 10.0 Å². The summed E-state index contributed by atoms with van der Waals surface area (Å²) in [7, 11) is -2.24. The van der Waals surface area contributed by atoms with Crippen molar-refractivity contribution < 1.29 is 17.9 Å². The molecule has 1 fully saturated rings. The first kappa shape index (κ1) is 21.9. The Morgan fingerprint density at radius 3 is 2.12 bits per heavy atom. The zero-order chi connectivity index (χ0) is 22.6. The quantitative estimate of drug-likeness (QED) is 0.621. The van der Waals surface area contributed by atoms with E-state index in [0.29, 0.717) is 43.2 Å². The lowest BCUT2D eigenvalue weighted by Gasteiger charge is -2.35. The van der Waals surface area contributed by atoms with Crippen molar-refractivity contribution in [2.75, 3.05) is 43.5 Å². The Morgan fingerprint density at radius 1 is 0.875 bits per heavy atom. The Morgan fingerprint density at radius 2 is 1.50 bits per heavy atom. The van der Waals surface area contributed by atoms with Gasteiger partial charge in [-0.15, -0.1) is 0 Å². The molecule has 0 aromatic heterocycles. The van der Waals surface area contributed by atoms with Crippen molar-refractivity contribution in [2.45, 2.75) is 4.90 Å². The molecule has 1 heterocycles. The molecule has 1 aliphatic heterocycles. The van der Waals surface area contributed by atoms with Crippen LogP contribution in [0.1, 0.15) is 10.4 Å². The minimum Gasteiger partial charge on any atom is -0.495 e. The number of rotatable bonds is 6. The number of methoxy groups -OCH3 is 1. The average Bonchev–Trinajstić information content (AvgIpc) is 2.85. The number of hydrogen-bond acceptors (Lipinski definition) is 5. The number of hydrogen-bond donors (Lipinski definition) is 1. The zero-order valence-electron chi connectivity index (χ0n) is 17.8. The van der Waals surface area contributed by atoms with E-state index in [-0.39, 0.29) is 10.8 Å². The molecule has 3 aromatic carbocycles. The van der Waals surface area contributed by atoms with Crippen molar-refractivity contribution in [1.82, 2.24) is 4.31 Å². The van der Waals surface area contributed by atoms with Gasteiger partial charge < -0.3 is 15.0 Å². The molecule has 1 amide bonds. The molecule has 7 nitrogen and oxygen atoms in total. The largest absolute Gasteiger partial charge is 0.495 e. The molecule has 4 rings (SSSR count). The van der Waals surface area contributed by atoms with Gasteiger partial charge in [0.25, 0.3) is 5.91 Å². The Labute approximate surface area is 188 Å². The first-order valence-corrected chi connectivity index (χ1v) is 11.8. The number of nitrogens with one attached hydrogen (secondary N) is 1. The third-order valence-electron chi connectivity index (χ3n) is 5.45. The number of nitrogens with zero attached hydrogens (tertiary/aromatic N) is 2. The third-order valence-corrected chi connectivity index (χ3v) is 7.35. The summed E-state index contributed by atoms with van der Waals surface area (Å²) in [4.78, 5) is 14.9. The Hall–Kier alpha value is -3.36. The van der Waals surface area contributed by atoms with E-state index in [4.69, 9.17) is 4.74 Å². The van der Waals surface area contributed by atoms with Crippen molar-refractivity contribution in [3.05, 3.63) is 84.4 Å². The molecular weight excluding hydrogens is 426 g/mol. The van der Waals surface area contributed by atoms with E-state index >= 15 is 0 Å². The van der Waals surface area contributed by atoms with Gasteiger partial charge in [-0.05, 0) is 42.5 Å². The normalized spacial score (nSPS) is 14.7. The maximum absolute atomic E-state index is 13.3. The summed E-state index contributed by atoms with van der Waals surface area (Å²) in [6.07, 6.45) is 0. The summed E-state index contributed by atoms with van der Waals surface area (Å²) in [5.74, 6) is 0.0528. The van der Waals surface area contributed by atoms with Gasteiger partial charge in [-0.3, -0.25) is 4.79 Å². The minimum atomic E-state index is -3.72. The van der Waals surface area contributed by atoms with Gasteiger partial charge in [0.1, 0.15) is 5.75 Å². The van der Waals surface area contributed by atoms with Gasteiger partial charge in [-0.2, -0.15) is 4.31 Å². The second-order valence-corrected chi connectivity index (χ2v) is 9.35. The van der Waals surface area contributed by atoms with Crippen LogP contribution in [0.2, 0.25) is 0 Å². The summed E-state index contributed by atoms with van der Waals surface area (Å²) in [5, 5.41) is 2.77. The number of sulfonamides is 1. The number of piperazine rings is 1. The van der Waals surface area contributed by atoms with Gasteiger partial charge >= 0.3 is 0 Å². The molecule has 0 bridgehead atoms. The summed E-state index contributed by atoms with van der Waals surface area (Å²) in [6, 6.07) is 23.2. The lowest BCUT2D eigenvalue weighted by atomic mass is 10.2. The van der Waals surface area contributed by atoms with E-state index in [9.17, 15) is 13.2 Å². The van der Waals surface area contributed by atoms with Crippen molar-refractivity contribution >= 4 is 27.3 Å². The standard InChI is InChI=1S/C24H25N3O4S/c1-31-23-13-12-21(18-22(23)25-24(28)19-8-4-2-5-9-19)32(29,30)27-16-14-26(15-17-27)20-10-6-3-7-11-20/h2-13,18H,14-17H2,1H3,(H,25,28). The summed E-state index contributed by atoms with van der Waals surface area (Å²) in [5.41, 5.74) is 1.87. The van der Waals surface area contributed by atoms with E-state index in [1.807, 2.05) is 36.4 Å². The van der Waals surface area contributed by atoms with Gasteiger partial charge in [0.15, 0.2) is 0 Å². The number of amides is 1. The zero-order valence-corrected chi connectivity index (χ0v) is 18.6. The van der Waals surface area contributed by atoms with Crippen LogP contribution in [0.3, 0.4) is 0 Å². The Balaban J connectivity index is 1.52. The second kappa shape index (κ2) is 9.42. The maximum Gasteiger partial charge on any atom is 0.255 e. The SMILES string of the molecule is COc1ccc(S(=O)(=O)N2CCN(c3ccccc3)CC2)cc1NC(=O)c1ccccc1. The molecule has 1 N–H and O–H groups in total. The van der Waals surface area contributed by atoms with Gasteiger partial charge in [0.05, 0.1) is 17.7 Å². The highest BCUT2D eigenvalue weighted by molar-refractivity contribution is 7.89. The van der Waals surface area contributed by atoms with Crippen LogP contribution in [-0.4, -0.2) is 51.9 Å². The van der Waals surface area contributed by atoms with E-state index in [2.05, 4.69) is 10.2 Å². The first-order chi connectivity index (χ1) is 15.5. The monoisotopic (exact) mass is 451 g/mol. The molecule has 0 unspecified atom stereocenters. The molecule has 0 atom stereocenters. The van der Waals surface area contributed by atoms with Crippen molar-refractivity contribution in [1.29, 1.82) is 0 Å².